The summed E-state index contributed by atoms with van der Waals surface area (Å²) in [5.74, 6) is -1.28. The lowest BCUT2D eigenvalue weighted by Gasteiger charge is -2.24. The van der Waals surface area contributed by atoms with E-state index in [-0.39, 0.29) is 30.3 Å². The number of hydrogen-bond acceptors (Lipinski definition) is 11. The number of benzene rings is 1. The zero-order chi connectivity index (χ0) is 30.7. The van der Waals surface area contributed by atoms with Crippen molar-refractivity contribution in [2.45, 2.75) is 124 Å². The van der Waals surface area contributed by atoms with Crippen LogP contribution < -0.4 is 15.2 Å². The van der Waals surface area contributed by atoms with E-state index in [9.17, 15) is 19.2 Å². The van der Waals surface area contributed by atoms with Crippen LogP contribution in [0.25, 0.3) is 0 Å². The molecule has 0 bridgehead atoms. The molecule has 0 heterocycles. The Morgan fingerprint density at radius 3 is 1.80 bits per heavy atom. The predicted octanol–water partition coefficient (Wildman–Crippen LogP) is 5.63. The number of carbonyl (C=O) groups is 4. The summed E-state index contributed by atoms with van der Waals surface area (Å²) >= 11 is 0. The Balaban J connectivity index is 3.05. The lowest BCUT2D eigenvalue weighted by molar-refractivity contribution is -0.166. The van der Waals surface area contributed by atoms with Crippen LogP contribution in [0, 0.1) is 0 Å². The highest BCUT2D eigenvalue weighted by molar-refractivity contribution is 5.76. The van der Waals surface area contributed by atoms with Gasteiger partial charge in [-0.05, 0) is 84.9 Å². The zero-order valence-electron chi connectivity index (χ0n) is 25.2. The van der Waals surface area contributed by atoms with Crippen molar-refractivity contribution in [3.63, 3.8) is 0 Å². The van der Waals surface area contributed by atoms with E-state index in [1.807, 2.05) is 20.8 Å². The fraction of sp³-hybridized carbons (Fsp3) is 0.655. The molecule has 0 aliphatic rings. The smallest absolute Gasteiger partial charge is 0.459 e. The van der Waals surface area contributed by atoms with Gasteiger partial charge in [0.1, 0.15) is 29.5 Å². The molecule has 1 aromatic rings. The van der Waals surface area contributed by atoms with Gasteiger partial charge in [-0.3, -0.25) is 9.59 Å². The summed E-state index contributed by atoms with van der Waals surface area (Å²) in [6.45, 7) is 15.7. The van der Waals surface area contributed by atoms with E-state index in [4.69, 9.17) is 34.2 Å². The van der Waals surface area contributed by atoms with Crippen molar-refractivity contribution in [1.82, 2.24) is 0 Å². The first kappa shape index (κ1) is 34.7. The summed E-state index contributed by atoms with van der Waals surface area (Å²) in [5, 5.41) is 0. The maximum Gasteiger partial charge on any atom is 0.514 e. The van der Waals surface area contributed by atoms with Gasteiger partial charge in [0.25, 0.3) is 0 Å². The van der Waals surface area contributed by atoms with E-state index >= 15 is 0 Å². The Morgan fingerprint density at radius 1 is 0.800 bits per heavy atom. The lowest BCUT2D eigenvalue weighted by Crippen LogP contribution is -2.39. The van der Waals surface area contributed by atoms with Gasteiger partial charge in [-0.25, -0.2) is 9.59 Å². The highest BCUT2D eigenvalue weighted by atomic mass is 16.8. The molecule has 0 amide bonds. The van der Waals surface area contributed by atoms with Gasteiger partial charge in [-0.15, -0.1) is 0 Å². The summed E-state index contributed by atoms with van der Waals surface area (Å²) in [5.41, 5.74) is 5.02. The molecule has 0 spiro atoms. The van der Waals surface area contributed by atoms with Crippen LogP contribution in [-0.2, 0) is 35.0 Å². The largest absolute Gasteiger partial charge is 0.514 e. The maximum absolute atomic E-state index is 12.6. The second kappa shape index (κ2) is 15.4. The quantitative estimate of drug-likeness (QED) is 0.169. The molecule has 0 aliphatic carbocycles. The Labute approximate surface area is 236 Å². The van der Waals surface area contributed by atoms with Crippen molar-refractivity contribution in [3.05, 3.63) is 23.8 Å². The van der Waals surface area contributed by atoms with E-state index in [0.717, 1.165) is 0 Å². The first-order valence-corrected chi connectivity index (χ1v) is 13.6. The third kappa shape index (κ3) is 12.2. The molecule has 3 atom stereocenters. The second-order valence-corrected chi connectivity index (χ2v) is 10.8. The highest BCUT2D eigenvalue weighted by Crippen LogP contribution is 2.31. The van der Waals surface area contributed by atoms with Gasteiger partial charge >= 0.3 is 24.2 Å². The fourth-order valence-electron chi connectivity index (χ4n) is 2.93. The van der Waals surface area contributed by atoms with Crippen molar-refractivity contribution in [2.24, 2.45) is 5.73 Å². The van der Waals surface area contributed by atoms with Gasteiger partial charge in [0, 0.05) is 6.42 Å². The number of hydrogen-bond donors (Lipinski definition) is 1. The number of nitrogens with two attached hydrogens (primary N) is 1. The summed E-state index contributed by atoms with van der Waals surface area (Å²) in [7, 11) is 0. The summed E-state index contributed by atoms with van der Waals surface area (Å²) in [6.07, 6.45) is -1.33. The van der Waals surface area contributed by atoms with Crippen LogP contribution in [0.1, 0.15) is 93.6 Å². The minimum Gasteiger partial charge on any atom is -0.459 e. The molecule has 2 N–H and O–H groups in total. The number of rotatable bonds is 14. The first-order valence-electron chi connectivity index (χ1n) is 13.6. The monoisotopic (exact) mass is 567 g/mol. The van der Waals surface area contributed by atoms with Gasteiger partial charge in [0.2, 0.25) is 0 Å². The van der Waals surface area contributed by atoms with Gasteiger partial charge in [-0.1, -0.05) is 26.8 Å². The molecular weight excluding hydrogens is 522 g/mol. The average Bonchev–Trinajstić information content (AvgIpc) is 2.84. The molecule has 1 rings (SSSR count). The molecule has 11 heteroatoms. The van der Waals surface area contributed by atoms with Crippen LogP contribution in [0.15, 0.2) is 18.2 Å². The van der Waals surface area contributed by atoms with Gasteiger partial charge < -0.3 is 34.2 Å². The van der Waals surface area contributed by atoms with E-state index in [2.05, 4.69) is 0 Å². The number of esters is 2. The van der Waals surface area contributed by atoms with Gasteiger partial charge in [-0.2, -0.15) is 0 Å². The molecule has 0 saturated heterocycles. The first-order chi connectivity index (χ1) is 18.5. The maximum atomic E-state index is 12.6. The van der Waals surface area contributed by atoms with Crippen LogP contribution in [0.5, 0.6) is 11.5 Å². The molecule has 11 nitrogen and oxygen atoms in total. The van der Waals surface area contributed by atoms with Crippen LogP contribution in [0.3, 0.4) is 0 Å². The Kier molecular flexibility index (Phi) is 13.4. The Hall–Kier alpha value is -3.34. The van der Waals surface area contributed by atoms with E-state index in [0.29, 0.717) is 24.8 Å². The van der Waals surface area contributed by atoms with Crippen molar-refractivity contribution < 1.29 is 47.6 Å². The van der Waals surface area contributed by atoms with Crippen molar-refractivity contribution >= 4 is 24.2 Å². The van der Waals surface area contributed by atoms with Crippen LogP contribution in [0.2, 0.25) is 0 Å². The van der Waals surface area contributed by atoms with Gasteiger partial charge in [0.05, 0.1) is 0 Å². The molecule has 0 fully saturated rings. The van der Waals surface area contributed by atoms with E-state index in [1.165, 1.54) is 12.1 Å². The molecular formula is C29H45NO10. The van der Waals surface area contributed by atoms with Crippen molar-refractivity contribution in [3.8, 4) is 11.5 Å². The zero-order valence-corrected chi connectivity index (χ0v) is 25.2. The number of ether oxygens (including phenoxy) is 6. The summed E-state index contributed by atoms with van der Waals surface area (Å²) in [4.78, 5) is 49.2. The Morgan fingerprint density at radius 2 is 1.30 bits per heavy atom. The second-order valence-electron chi connectivity index (χ2n) is 10.8. The van der Waals surface area contributed by atoms with Crippen LogP contribution in [-0.4, -0.2) is 53.7 Å². The normalized spacial score (nSPS) is 13.8. The molecule has 40 heavy (non-hydrogen) atoms. The van der Waals surface area contributed by atoms with Crippen molar-refractivity contribution in [1.29, 1.82) is 0 Å². The average molecular weight is 568 g/mol. The number of carbonyl (C=O) groups excluding carboxylic acids is 4. The topological polar surface area (TPSA) is 150 Å². The lowest BCUT2D eigenvalue weighted by atomic mass is 10.1. The van der Waals surface area contributed by atoms with Crippen molar-refractivity contribution in [2.75, 3.05) is 0 Å². The highest BCUT2D eigenvalue weighted by Gasteiger charge is 2.27. The molecule has 0 aliphatic heterocycles. The third-order valence-corrected chi connectivity index (χ3v) is 6.31. The molecule has 0 radical (unpaired) electrons. The SMILES string of the molecule is CCCC(=O)OC(C)[C@H](C)OC(=O)[C@@H](N)Cc1ccc(OC(=O)OC(C)(C)CC)c(OC(=O)OC(C)(C)CC)c1. The third-order valence-electron chi connectivity index (χ3n) is 6.31. The molecule has 1 aromatic carbocycles. The van der Waals surface area contributed by atoms with E-state index in [1.54, 1.807) is 47.6 Å². The Bertz CT molecular complexity index is 1020. The molecule has 1 unspecified atom stereocenters. The summed E-state index contributed by atoms with van der Waals surface area (Å²) in [6, 6.07) is 3.30. The predicted molar refractivity (Wildman–Crippen MR) is 147 cm³/mol. The minimum absolute atomic E-state index is 0.00894. The minimum atomic E-state index is -1.08. The molecule has 226 valence electrons. The molecule has 0 saturated carbocycles. The summed E-state index contributed by atoms with van der Waals surface area (Å²) < 4.78 is 32.0. The standard InChI is InChI=1S/C29H45NO10/c1-10-13-24(31)35-18(4)19(5)36-25(32)21(30)16-20-14-15-22(37-26(33)39-28(6,7)11-2)23(17-20)38-27(34)40-29(8,9)12-3/h14-15,17-19,21H,10-13,16,30H2,1-9H3/t18?,19-,21-/m0/s1. The van der Waals surface area contributed by atoms with E-state index < -0.39 is 47.7 Å². The van der Waals surface area contributed by atoms with Crippen LogP contribution in [0.4, 0.5) is 9.59 Å². The fourth-order valence-corrected chi connectivity index (χ4v) is 2.93. The van der Waals surface area contributed by atoms with Gasteiger partial charge in [0.15, 0.2) is 11.5 Å². The van der Waals surface area contributed by atoms with Crippen LogP contribution >= 0.6 is 0 Å². The molecule has 0 aromatic heterocycles.